The Labute approximate surface area is 105 Å². The van der Waals surface area contributed by atoms with Crippen LogP contribution >= 0.6 is 11.8 Å². The summed E-state index contributed by atoms with van der Waals surface area (Å²) in [6.45, 7) is 1.15. The van der Waals surface area contributed by atoms with Gasteiger partial charge in [-0.3, -0.25) is 4.79 Å². The molecule has 1 aromatic carbocycles. The number of hydrogen-bond acceptors (Lipinski definition) is 4. The average Bonchev–Trinajstić information content (AvgIpc) is 2.35. The van der Waals surface area contributed by atoms with E-state index in [9.17, 15) is 9.90 Å². The van der Waals surface area contributed by atoms with Gasteiger partial charge in [-0.25, -0.2) is 0 Å². The van der Waals surface area contributed by atoms with E-state index in [2.05, 4.69) is 5.32 Å². The van der Waals surface area contributed by atoms with E-state index in [1.165, 1.54) is 18.7 Å². The molecule has 0 radical (unpaired) electrons. The van der Waals surface area contributed by atoms with E-state index in [0.717, 1.165) is 4.90 Å². The molecule has 1 aromatic rings. The number of rotatable bonds is 6. The Hall–Kier alpha value is -1.04. The largest absolute Gasteiger partial charge is 0.393 e. The van der Waals surface area contributed by atoms with Gasteiger partial charge in [-0.15, -0.1) is 11.8 Å². The maximum atomic E-state index is 11.5. The molecule has 1 atom stereocenters. The third kappa shape index (κ3) is 5.72. The highest BCUT2D eigenvalue weighted by Gasteiger charge is 2.19. The van der Waals surface area contributed by atoms with E-state index in [-0.39, 0.29) is 19.1 Å². The van der Waals surface area contributed by atoms with Crippen LogP contribution in [0.4, 0.5) is 0 Å². The van der Waals surface area contributed by atoms with E-state index < -0.39 is 5.60 Å². The second-order valence-electron chi connectivity index (χ2n) is 4.03. The molecule has 1 unspecified atom stereocenters. The van der Waals surface area contributed by atoms with Crippen molar-refractivity contribution in [3.05, 3.63) is 30.3 Å². The van der Waals surface area contributed by atoms with Crippen molar-refractivity contribution in [1.29, 1.82) is 0 Å². The first-order valence-corrected chi connectivity index (χ1v) is 6.30. The minimum atomic E-state index is -1.26. The van der Waals surface area contributed by atoms with Crippen LogP contribution in [-0.4, -0.2) is 40.6 Å². The highest BCUT2D eigenvalue weighted by Crippen LogP contribution is 2.16. The standard InChI is InChI=1S/C12H17NO3S/c1-12(16,9-14)8-13-11(15)7-17-10-5-3-2-4-6-10/h2-6,14,16H,7-9H2,1H3,(H,13,15). The number of benzene rings is 1. The minimum absolute atomic E-state index is 0.0533. The van der Waals surface area contributed by atoms with Crippen molar-refractivity contribution in [3.8, 4) is 0 Å². The second-order valence-corrected chi connectivity index (χ2v) is 5.08. The highest BCUT2D eigenvalue weighted by molar-refractivity contribution is 8.00. The average molecular weight is 255 g/mol. The van der Waals surface area contributed by atoms with Crippen LogP contribution in [0.1, 0.15) is 6.92 Å². The molecular formula is C12H17NO3S. The summed E-state index contributed by atoms with van der Waals surface area (Å²) in [6.07, 6.45) is 0. The zero-order valence-corrected chi connectivity index (χ0v) is 10.5. The molecule has 3 N–H and O–H groups in total. The van der Waals surface area contributed by atoms with Crippen LogP contribution in [-0.2, 0) is 4.79 Å². The molecule has 4 nitrogen and oxygen atoms in total. The Morgan fingerprint density at radius 2 is 2.06 bits per heavy atom. The lowest BCUT2D eigenvalue weighted by Crippen LogP contribution is -2.43. The van der Waals surface area contributed by atoms with Gasteiger partial charge < -0.3 is 15.5 Å². The third-order valence-corrected chi connectivity index (χ3v) is 3.13. The Balaban J connectivity index is 2.27. The highest BCUT2D eigenvalue weighted by atomic mass is 32.2. The van der Waals surface area contributed by atoms with Crippen molar-refractivity contribution < 1.29 is 15.0 Å². The number of carbonyl (C=O) groups excluding carboxylic acids is 1. The number of thioether (sulfide) groups is 1. The van der Waals surface area contributed by atoms with Crippen molar-refractivity contribution in [1.82, 2.24) is 5.32 Å². The fourth-order valence-electron chi connectivity index (χ4n) is 1.06. The van der Waals surface area contributed by atoms with E-state index >= 15 is 0 Å². The quantitative estimate of drug-likeness (QED) is 0.652. The van der Waals surface area contributed by atoms with Gasteiger partial charge in [0.2, 0.25) is 5.91 Å². The summed E-state index contributed by atoms with van der Waals surface area (Å²) in [7, 11) is 0. The molecule has 17 heavy (non-hydrogen) atoms. The van der Waals surface area contributed by atoms with Gasteiger partial charge in [0.15, 0.2) is 0 Å². The number of hydrogen-bond donors (Lipinski definition) is 3. The molecule has 0 aliphatic rings. The molecule has 0 saturated heterocycles. The van der Waals surface area contributed by atoms with E-state index in [1.807, 2.05) is 30.3 Å². The summed E-state index contributed by atoms with van der Waals surface area (Å²) in [5.74, 6) is 0.137. The summed E-state index contributed by atoms with van der Waals surface area (Å²) in [5.41, 5.74) is -1.26. The molecule has 5 heteroatoms. The monoisotopic (exact) mass is 255 g/mol. The Kier molecular flexibility index (Phi) is 5.47. The maximum absolute atomic E-state index is 11.5. The topological polar surface area (TPSA) is 69.6 Å². The molecule has 0 saturated carbocycles. The third-order valence-electron chi connectivity index (χ3n) is 2.12. The molecular weight excluding hydrogens is 238 g/mol. The van der Waals surface area contributed by atoms with Gasteiger partial charge >= 0.3 is 0 Å². The number of amides is 1. The lowest BCUT2D eigenvalue weighted by atomic mass is 10.1. The lowest BCUT2D eigenvalue weighted by Gasteiger charge is -2.20. The summed E-state index contributed by atoms with van der Waals surface area (Å²) < 4.78 is 0. The van der Waals surface area contributed by atoms with Gasteiger partial charge in [0, 0.05) is 11.4 Å². The number of aliphatic hydroxyl groups is 2. The fourth-order valence-corrected chi connectivity index (χ4v) is 1.81. The van der Waals surface area contributed by atoms with Crippen molar-refractivity contribution >= 4 is 17.7 Å². The summed E-state index contributed by atoms with van der Waals surface area (Å²) in [4.78, 5) is 12.5. The SMILES string of the molecule is CC(O)(CO)CNC(=O)CSc1ccccc1. The zero-order chi connectivity index (χ0) is 12.7. The van der Waals surface area contributed by atoms with Crippen LogP contribution in [0, 0.1) is 0 Å². The summed E-state index contributed by atoms with van der Waals surface area (Å²) >= 11 is 1.43. The first kappa shape index (κ1) is 14.0. The van der Waals surface area contributed by atoms with E-state index in [0.29, 0.717) is 5.75 Å². The van der Waals surface area contributed by atoms with Crippen molar-refractivity contribution in [2.24, 2.45) is 0 Å². The minimum Gasteiger partial charge on any atom is -0.393 e. The molecule has 0 aliphatic carbocycles. The summed E-state index contributed by atoms with van der Waals surface area (Å²) in [6, 6.07) is 9.61. The zero-order valence-electron chi connectivity index (χ0n) is 9.72. The predicted molar refractivity (Wildman–Crippen MR) is 67.9 cm³/mol. The Bertz CT molecular complexity index is 354. The molecule has 0 heterocycles. The number of nitrogens with one attached hydrogen (secondary N) is 1. The molecule has 0 fully saturated rings. The first-order valence-electron chi connectivity index (χ1n) is 5.31. The van der Waals surface area contributed by atoms with Gasteiger partial charge in [-0.2, -0.15) is 0 Å². The van der Waals surface area contributed by atoms with Gasteiger partial charge in [-0.05, 0) is 19.1 Å². The van der Waals surface area contributed by atoms with E-state index in [4.69, 9.17) is 5.11 Å². The van der Waals surface area contributed by atoms with Crippen molar-refractivity contribution in [3.63, 3.8) is 0 Å². The van der Waals surface area contributed by atoms with Gasteiger partial charge in [0.1, 0.15) is 5.60 Å². The smallest absolute Gasteiger partial charge is 0.230 e. The molecule has 0 spiro atoms. The second kappa shape index (κ2) is 6.64. The first-order chi connectivity index (χ1) is 8.03. The predicted octanol–water partition coefficient (Wildman–Crippen LogP) is 0.638. The van der Waals surface area contributed by atoms with E-state index in [1.54, 1.807) is 0 Å². The summed E-state index contributed by atoms with van der Waals surface area (Å²) in [5, 5.41) is 20.9. The van der Waals surface area contributed by atoms with Crippen LogP contribution in [0.3, 0.4) is 0 Å². The van der Waals surface area contributed by atoms with Gasteiger partial charge in [0.25, 0.3) is 0 Å². The Morgan fingerprint density at radius 1 is 1.41 bits per heavy atom. The molecule has 0 aromatic heterocycles. The van der Waals surface area contributed by atoms with Crippen molar-refractivity contribution in [2.45, 2.75) is 17.4 Å². The molecule has 94 valence electrons. The fraction of sp³-hybridized carbons (Fsp3) is 0.417. The molecule has 0 aliphatic heterocycles. The van der Waals surface area contributed by atoms with Gasteiger partial charge in [0.05, 0.1) is 12.4 Å². The van der Waals surface area contributed by atoms with Crippen LogP contribution in [0.15, 0.2) is 35.2 Å². The lowest BCUT2D eigenvalue weighted by molar-refractivity contribution is -0.120. The maximum Gasteiger partial charge on any atom is 0.230 e. The van der Waals surface area contributed by atoms with Crippen LogP contribution in [0.2, 0.25) is 0 Å². The van der Waals surface area contributed by atoms with Gasteiger partial charge in [-0.1, -0.05) is 18.2 Å². The van der Waals surface area contributed by atoms with Crippen LogP contribution in [0.5, 0.6) is 0 Å². The van der Waals surface area contributed by atoms with Crippen LogP contribution in [0.25, 0.3) is 0 Å². The molecule has 0 bridgehead atoms. The van der Waals surface area contributed by atoms with Crippen LogP contribution < -0.4 is 5.32 Å². The number of carbonyl (C=O) groups is 1. The van der Waals surface area contributed by atoms with Crippen molar-refractivity contribution in [2.75, 3.05) is 18.9 Å². The molecule has 1 amide bonds. The number of aliphatic hydroxyl groups excluding tert-OH is 1. The Morgan fingerprint density at radius 3 is 2.65 bits per heavy atom. The molecule has 1 rings (SSSR count). The normalized spacial score (nSPS) is 14.1.